The van der Waals surface area contributed by atoms with Crippen molar-refractivity contribution in [2.24, 2.45) is 0 Å². The van der Waals surface area contributed by atoms with E-state index in [1.807, 2.05) is 25.1 Å². The van der Waals surface area contributed by atoms with Crippen molar-refractivity contribution in [2.75, 3.05) is 5.33 Å². The summed E-state index contributed by atoms with van der Waals surface area (Å²) < 4.78 is 1.88. The van der Waals surface area contributed by atoms with E-state index < -0.39 is 0 Å². The molecule has 88 valence electrons. The predicted octanol–water partition coefficient (Wildman–Crippen LogP) is 3.96. The number of benzene rings is 1. The minimum atomic E-state index is -0.0289. The number of amides is 1. The van der Waals surface area contributed by atoms with E-state index >= 15 is 0 Å². The van der Waals surface area contributed by atoms with Gasteiger partial charge in [0.2, 0.25) is 0 Å². The molecule has 1 N–H and O–H groups in total. The third-order valence-electron chi connectivity index (χ3n) is 2.09. The second-order valence-electron chi connectivity index (χ2n) is 3.48. The molecule has 1 aromatic carbocycles. The zero-order chi connectivity index (χ0) is 12.1. The second kappa shape index (κ2) is 6.96. The molecule has 1 aromatic rings. The largest absolute Gasteiger partial charge is 0.350 e. The topological polar surface area (TPSA) is 29.1 Å². The van der Waals surface area contributed by atoms with Crippen molar-refractivity contribution in [3.05, 3.63) is 31.8 Å². The molecule has 0 fully saturated rings. The molecule has 0 radical (unpaired) electrons. The van der Waals surface area contributed by atoms with Crippen LogP contribution >= 0.6 is 54.5 Å². The molecular formula is C11H12Br2INO. The van der Waals surface area contributed by atoms with Crippen molar-refractivity contribution in [1.82, 2.24) is 5.32 Å². The van der Waals surface area contributed by atoms with Gasteiger partial charge in [-0.15, -0.1) is 0 Å². The van der Waals surface area contributed by atoms with Crippen LogP contribution in [-0.4, -0.2) is 17.3 Å². The highest BCUT2D eigenvalue weighted by Crippen LogP contribution is 2.19. The summed E-state index contributed by atoms with van der Waals surface area (Å²) in [7, 11) is 0. The van der Waals surface area contributed by atoms with E-state index in [1.165, 1.54) is 0 Å². The van der Waals surface area contributed by atoms with Crippen LogP contribution in [0, 0.1) is 3.57 Å². The van der Waals surface area contributed by atoms with Gasteiger partial charge in [0, 0.05) is 19.4 Å². The van der Waals surface area contributed by atoms with Gasteiger partial charge in [0.15, 0.2) is 0 Å². The predicted molar refractivity (Wildman–Crippen MR) is 82.2 cm³/mol. The van der Waals surface area contributed by atoms with E-state index in [1.54, 1.807) is 0 Å². The lowest BCUT2D eigenvalue weighted by Crippen LogP contribution is -2.33. The van der Waals surface area contributed by atoms with E-state index in [2.05, 4.69) is 59.8 Å². The Morgan fingerprint density at radius 3 is 2.88 bits per heavy atom. The molecule has 0 aliphatic carbocycles. The van der Waals surface area contributed by atoms with Crippen molar-refractivity contribution >= 4 is 60.4 Å². The second-order valence-corrected chi connectivity index (χ2v) is 6.37. The summed E-state index contributed by atoms with van der Waals surface area (Å²) in [5.74, 6) is -0.0289. The standard InChI is InChI=1S/C11H12Br2INO/c1-7(4-5-12)15-11(16)9-6-8(14)2-3-10(9)13/h2-3,6-7H,4-5H2,1H3,(H,15,16). The number of nitrogens with one attached hydrogen (secondary N) is 1. The fourth-order valence-electron chi connectivity index (χ4n) is 1.21. The van der Waals surface area contributed by atoms with Gasteiger partial charge in [-0.2, -0.15) is 0 Å². The van der Waals surface area contributed by atoms with Crippen LogP contribution in [0.5, 0.6) is 0 Å². The summed E-state index contributed by atoms with van der Waals surface area (Å²) >= 11 is 8.94. The third kappa shape index (κ3) is 4.33. The van der Waals surface area contributed by atoms with Crippen molar-refractivity contribution in [3.8, 4) is 0 Å². The lowest BCUT2D eigenvalue weighted by Gasteiger charge is -2.13. The van der Waals surface area contributed by atoms with Crippen LogP contribution in [-0.2, 0) is 0 Å². The summed E-state index contributed by atoms with van der Waals surface area (Å²) in [5.41, 5.74) is 0.688. The number of carbonyl (C=O) groups excluding carboxylic acids is 1. The van der Waals surface area contributed by atoms with E-state index in [-0.39, 0.29) is 11.9 Å². The van der Waals surface area contributed by atoms with Gasteiger partial charge in [0.25, 0.3) is 5.91 Å². The first-order chi connectivity index (χ1) is 7.54. The Morgan fingerprint density at radius 2 is 2.25 bits per heavy atom. The first kappa shape index (κ1) is 14.4. The molecule has 1 unspecified atom stereocenters. The average Bonchev–Trinajstić information content (AvgIpc) is 2.21. The number of carbonyl (C=O) groups is 1. The van der Waals surface area contributed by atoms with Gasteiger partial charge in [-0.3, -0.25) is 4.79 Å². The SMILES string of the molecule is CC(CCBr)NC(=O)c1cc(I)ccc1Br. The maximum atomic E-state index is 11.9. The minimum Gasteiger partial charge on any atom is -0.350 e. The normalized spacial score (nSPS) is 12.2. The van der Waals surface area contributed by atoms with E-state index in [0.29, 0.717) is 5.56 Å². The van der Waals surface area contributed by atoms with Crippen LogP contribution in [0.15, 0.2) is 22.7 Å². The molecule has 0 saturated carbocycles. The van der Waals surface area contributed by atoms with Crippen LogP contribution in [0.2, 0.25) is 0 Å². The van der Waals surface area contributed by atoms with Crippen LogP contribution in [0.1, 0.15) is 23.7 Å². The minimum absolute atomic E-state index is 0.0289. The van der Waals surface area contributed by atoms with Gasteiger partial charge in [-0.1, -0.05) is 15.9 Å². The van der Waals surface area contributed by atoms with Gasteiger partial charge in [-0.05, 0) is 70.1 Å². The summed E-state index contributed by atoms with van der Waals surface area (Å²) in [4.78, 5) is 11.9. The number of hydrogen-bond acceptors (Lipinski definition) is 1. The lowest BCUT2D eigenvalue weighted by atomic mass is 10.2. The fraction of sp³-hybridized carbons (Fsp3) is 0.364. The highest BCUT2D eigenvalue weighted by Gasteiger charge is 2.12. The first-order valence-electron chi connectivity index (χ1n) is 4.86. The average molecular weight is 461 g/mol. The molecule has 5 heteroatoms. The molecule has 2 nitrogen and oxygen atoms in total. The molecule has 0 spiro atoms. The van der Waals surface area contributed by atoms with Gasteiger partial charge in [0.1, 0.15) is 0 Å². The summed E-state index contributed by atoms with van der Waals surface area (Å²) in [6, 6.07) is 5.91. The molecule has 0 heterocycles. The van der Waals surface area contributed by atoms with Gasteiger partial charge < -0.3 is 5.32 Å². The number of halogens is 3. The highest BCUT2D eigenvalue weighted by molar-refractivity contribution is 14.1. The van der Waals surface area contributed by atoms with Crippen molar-refractivity contribution in [3.63, 3.8) is 0 Å². The zero-order valence-corrected chi connectivity index (χ0v) is 14.1. The van der Waals surface area contributed by atoms with E-state index in [4.69, 9.17) is 0 Å². The molecule has 0 bridgehead atoms. The van der Waals surface area contributed by atoms with Crippen LogP contribution in [0.25, 0.3) is 0 Å². The van der Waals surface area contributed by atoms with Gasteiger partial charge in [-0.25, -0.2) is 0 Å². The Morgan fingerprint density at radius 1 is 1.56 bits per heavy atom. The molecule has 16 heavy (non-hydrogen) atoms. The molecule has 0 saturated heterocycles. The number of rotatable bonds is 4. The maximum Gasteiger partial charge on any atom is 0.252 e. The Bertz CT molecular complexity index is 384. The Kier molecular flexibility index (Phi) is 6.28. The monoisotopic (exact) mass is 459 g/mol. The molecule has 1 amide bonds. The fourth-order valence-corrected chi connectivity index (χ4v) is 2.81. The quantitative estimate of drug-likeness (QED) is 0.535. The van der Waals surface area contributed by atoms with Crippen LogP contribution in [0.3, 0.4) is 0 Å². The third-order valence-corrected chi connectivity index (χ3v) is 3.91. The maximum absolute atomic E-state index is 11.9. The van der Waals surface area contributed by atoms with Crippen molar-refractivity contribution in [1.29, 1.82) is 0 Å². The molecule has 1 atom stereocenters. The van der Waals surface area contributed by atoms with Crippen molar-refractivity contribution < 1.29 is 4.79 Å². The molecular weight excluding hydrogens is 449 g/mol. The number of hydrogen-bond donors (Lipinski definition) is 1. The zero-order valence-electron chi connectivity index (χ0n) is 8.77. The molecule has 0 aromatic heterocycles. The van der Waals surface area contributed by atoms with Gasteiger partial charge >= 0.3 is 0 Å². The van der Waals surface area contributed by atoms with Crippen molar-refractivity contribution in [2.45, 2.75) is 19.4 Å². The summed E-state index contributed by atoms with van der Waals surface area (Å²) in [5, 5.41) is 3.85. The van der Waals surface area contributed by atoms with Crippen LogP contribution in [0.4, 0.5) is 0 Å². The lowest BCUT2D eigenvalue weighted by molar-refractivity contribution is 0.0938. The molecule has 1 rings (SSSR count). The van der Waals surface area contributed by atoms with E-state index in [9.17, 15) is 4.79 Å². The Hall–Kier alpha value is 0.380. The van der Waals surface area contributed by atoms with E-state index in [0.717, 1.165) is 19.8 Å². The number of alkyl halides is 1. The summed E-state index contributed by atoms with van der Waals surface area (Å²) in [6.07, 6.45) is 0.924. The highest BCUT2D eigenvalue weighted by atomic mass is 127. The van der Waals surface area contributed by atoms with Gasteiger partial charge in [0.05, 0.1) is 5.56 Å². The molecule has 0 aliphatic heterocycles. The smallest absolute Gasteiger partial charge is 0.252 e. The van der Waals surface area contributed by atoms with Crippen LogP contribution < -0.4 is 5.32 Å². The Labute approximate surface area is 126 Å². The molecule has 0 aliphatic rings. The Balaban J connectivity index is 2.76. The summed E-state index contributed by atoms with van der Waals surface area (Å²) in [6.45, 7) is 2.00. The first-order valence-corrected chi connectivity index (χ1v) is 7.85.